The molecule has 0 saturated carbocycles. The van der Waals surface area contributed by atoms with Crippen LogP contribution in [-0.2, 0) is 10.2 Å². The topological polar surface area (TPSA) is 38.3 Å². The van der Waals surface area contributed by atoms with Gasteiger partial charge in [-0.05, 0) is 29.5 Å². The molecule has 1 aromatic carbocycles. The van der Waals surface area contributed by atoms with Crippen molar-refractivity contribution in [2.45, 2.75) is 32.6 Å². The lowest BCUT2D eigenvalue weighted by atomic mass is 9.82. The monoisotopic (exact) mass is 249 g/mol. The van der Waals surface area contributed by atoms with E-state index in [4.69, 9.17) is 4.74 Å². The van der Waals surface area contributed by atoms with Gasteiger partial charge in [0.1, 0.15) is 0 Å². The van der Waals surface area contributed by atoms with Gasteiger partial charge in [-0.2, -0.15) is 0 Å². The minimum atomic E-state index is -0.0482. The van der Waals surface area contributed by atoms with E-state index < -0.39 is 0 Å². The summed E-state index contributed by atoms with van der Waals surface area (Å²) in [6.07, 6.45) is 1.08. The van der Waals surface area contributed by atoms with Gasteiger partial charge in [0, 0.05) is 19.2 Å². The third-order valence-corrected chi connectivity index (χ3v) is 3.40. The van der Waals surface area contributed by atoms with Crippen molar-refractivity contribution in [1.29, 1.82) is 0 Å². The maximum atomic E-state index is 11.8. The second kappa shape index (κ2) is 6.55. The Kier molecular flexibility index (Phi) is 5.35. The Morgan fingerprint density at radius 1 is 1.28 bits per heavy atom. The van der Waals surface area contributed by atoms with Crippen LogP contribution >= 0.6 is 0 Å². The van der Waals surface area contributed by atoms with Gasteiger partial charge in [-0.15, -0.1) is 0 Å². The van der Waals surface area contributed by atoms with Gasteiger partial charge in [-0.1, -0.05) is 32.9 Å². The first-order chi connectivity index (χ1) is 8.51. The zero-order valence-electron chi connectivity index (χ0n) is 11.7. The molecule has 3 heteroatoms. The molecule has 0 aliphatic carbocycles. The minimum Gasteiger partial charge on any atom is -0.383 e. The van der Waals surface area contributed by atoms with Crippen LogP contribution in [0.25, 0.3) is 0 Å². The maximum Gasteiger partial charge on any atom is 0.251 e. The van der Waals surface area contributed by atoms with Gasteiger partial charge in [-0.25, -0.2) is 0 Å². The van der Waals surface area contributed by atoms with Gasteiger partial charge >= 0.3 is 0 Å². The van der Waals surface area contributed by atoms with Crippen molar-refractivity contribution in [3.8, 4) is 0 Å². The number of benzene rings is 1. The number of rotatable bonds is 6. The smallest absolute Gasteiger partial charge is 0.251 e. The predicted molar refractivity (Wildman–Crippen MR) is 74.0 cm³/mol. The summed E-state index contributed by atoms with van der Waals surface area (Å²) < 4.78 is 4.89. The second-order valence-electron chi connectivity index (χ2n) is 5.06. The number of hydrogen-bond acceptors (Lipinski definition) is 2. The zero-order chi connectivity index (χ0) is 13.6. The number of amides is 1. The van der Waals surface area contributed by atoms with E-state index >= 15 is 0 Å². The Bertz CT molecular complexity index is 382. The quantitative estimate of drug-likeness (QED) is 0.787. The Labute approximate surface area is 110 Å². The van der Waals surface area contributed by atoms with Crippen molar-refractivity contribution in [2.24, 2.45) is 0 Å². The normalized spacial score (nSPS) is 11.3. The molecule has 0 aliphatic heterocycles. The van der Waals surface area contributed by atoms with Gasteiger partial charge in [0.25, 0.3) is 5.91 Å². The molecule has 1 aromatic rings. The van der Waals surface area contributed by atoms with Crippen LogP contribution in [0, 0.1) is 0 Å². The van der Waals surface area contributed by atoms with Crippen LogP contribution in [0.15, 0.2) is 24.3 Å². The molecule has 0 bridgehead atoms. The Morgan fingerprint density at radius 2 is 1.89 bits per heavy atom. The molecule has 0 aromatic heterocycles. The number of nitrogens with one attached hydrogen (secondary N) is 1. The lowest BCUT2D eigenvalue weighted by Crippen LogP contribution is -2.27. The van der Waals surface area contributed by atoms with Crippen LogP contribution in [0.1, 0.15) is 43.1 Å². The summed E-state index contributed by atoms with van der Waals surface area (Å²) in [5, 5.41) is 2.81. The number of methoxy groups -OCH3 is 1. The molecule has 1 N–H and O–H groups in total. The van der Waals surface area contributed by atoms with Crippen molar-refractivity contribution < 1.29 is 9.53 Å². The Morgan fingerprint density at radius 3 is 2.39 bits per heavy atom. The van der Waals surface area contributed by atoms with Crippen molar-refractivity contribution >= 4 is 5.91 Å². The van der Waals surface area contributed by atoms with Crippen LogP contribution in [0.2, 0.25) is 0 Å². The predicted octanol–water partition coefficient (Wildman–Crippen LogP) is 2.75. The molecule has 100 valence electrons. The average Bonchev–Trinajstić information content (AvgIpc) is 2.39. The minimum absolute atomic E-state index is 0.0482. The summed E-state index contributed by atoms with van der Waals surface area (Å²) in [6.45, 7) is 7.66. The van der Waals surface area contributed by atoms with E-state index in [-0.39, 0.29) is 11.3 Å². The summed E-state index contributed by atoms with van der Waals surface area (Å²) in [5.74, 6) is -0.0482. The van der Waals surface area contributed by atoms with Crippen molar-refractivity contribution in [2.75, 3.05) is 20.3 Å². The van der Waals surface area contributed by atoms with Gasteiger partial charge in [0.2, 0.25) is 0 Å². The third-order valence-electron chi connectivity index (χ3n) is 3.40. The molecule has 0 radical (unpaired) electrons. The highest BCUT2D eigenvalue weighted by Gasteiger charge is 2.18. The zero-order valence-corrected chi connectivity index (χ0v) is 11.7. The molecule has 0 saturated heterocycles. The molecule has 0 atom stereocenters. The molecule has 0 fully saturated rings. The van der Waals surface area contributed by atoms with Crippen LogP contribution in [0.3, 0.4) is 0 Å². The largest absolute Gasteiger partial charge is 0.383 e. The van der Waals surface area contributed by atoms with Gasteiger partial charge in [-0.3, -0.25) is 4.79 Å². The van der Waals surface area contributed by atoms with E-state index in [2.05, 4.69) is 26.1 Å². The summed E-state index contributed by atoms with van der Waals surface area (Å²) in [5.41, 5.74) is 2.12. The van der Waals surface area contributed by atoms with Gasteiger partial charge < -0.3 is 10.1 Å². The highest BCUT2D eigenvalue weighted by atomic mass is 16.5. The molecular weight excluding hydrogens is 226 g/mol. The second-order valence-corrected chi connectivity index (χ2v) is 5.06. The number of ether oxygens (including phenoxy) is 1. The molecule has 0 heterocycles. The van der Waals surface area contributed by atoms with Crippen LogP contribution in [0.5, 0.6) is 0 Å². The first-order valence-corrected chi connectivity index (χ1v) is 6.39. The van der Waals surface area contributed by atoms with E-state index in [9.17, 15) is 4.79 Å². The average molecular weight is 249 g/mol. The van der Waals surface area contributed by atoms with Crippen molar-refractivity contribution in [3.05, 3.63) is 35.4 Å². The van der Waals surface area contributed by atoms with E-state index in [0.717, 1.165) is 6.42 Å². The van der Waals surface area contributed by atoms with Crippen LogP contribution < -0.4 is 5.32 Å². The van der Waals surface area contributed by atoms with Crippen LogP contribution in [-0.4, -0.2) is 26.2 Å². The third kappa shape index (κ3) is 3.84. The fourth-order valence-corrected chi connectivity index (χ4v) is 1.65. The molecule has 0 spiro atoms. The lowest BCUT2D eigenvalue weighted by Gasteiger charge is -2.23. The van der Waals surface area contributed by atoms with E-state index in [1.807, 2.05) is 24.3 Å². The number of hydrogen-bond donors (Lipinski definition) is 1. The SMILES string of the molecule is CCC(C)(C)c1ccc(C(=O)NCCOC)cc1. The molecular formula is C15H23NO2. The molecule has 3 nitrogen and oxygen atoms in total. The summed E-state index contributed by atoms with van der Waals surface area (Å²) in [7, 11) is 1.62. The molecule has 0 unspecified atom stereocenters. The first kappa shape index (κ1) is 14.7. The lowest BCUT2D eigenvalue weighted by molar-refractivity contribution is 0.0937. The summed E-state index contributed by atoms with van der Waals surface area (Å²) in [6, 6.07) is 7.84. The molecule has 0 aliphatic rings. The van der Waals surface area contributed by atoms with Crippen molar-refractivity contribution in [1.82, 2.24) is 5.32 Å². The maximum absolute atomic E-state index is 11.8. The van der Waals surface area contributed by atoms with Gasteiger partial charge in [0.05, 0.1) is 6.61 Å². The number of carbonyl (C=O) groups is 1. The van der Waals surface area contributed by atoms with Crippen molar-refractivity contribution in [3.63, 3.8) is 0 Å². The molecule has 1 rings (SSSR count). The van der Waals surface area contributed by atoms with Gasteiger partial charge in [0.15, 0.2) is 0 Å². The standard InChI is InChI=1S/C15H23NO2/c1-5-15(2,3)13-8-6-12(7-9-13)14(17)16-10-11-18-4/h6-9H,5,10-11H2,1-4H3,(H,16,17). The van der Waals surface area contributed by atoms with E-state index in [1.54, 1.807) is 7.11 Å². The first-order valence-electron chi connectivity index (χ1n) is 6.39. The highest BCUT2D eigenvalue weighted by Crippen LogP contribution is 2.26. The Balaban J connectivity index is 2.68. The summed E-state index contributed by atoms with van der Waals surface area (Å²) in [4.78, 5) is 11.8. The van der Waals surface area contributed by atoms with E-state index in [1.165, 1.54) is 5.56 Å². The Hall–Kier alpha value is -1.35. The number of carbonyl (C=O) groups excluding carboxylic acids is 1. The molecule has 18 heavy (non-hydrogen) atoms. The summed E-state index contributed by atoms with van der Waals surface area (Å²) >= 11 is 0. The van der Waals surface area contributed by atoms with E-state index in [0.29, 0.717) is 18.7 Å². The fraction of sp³-hybridized carbons (Fsp3) is 0.533. The van der Waals surface area contributed by atoms with Crippen LogP contribution in [0.4, 0.5) is 0 Å². The molecule has 1 amide bonds. The highest BCUT2D eigenvalue weighted by molar-refractivity contribution is 5.94. The fourth-order valence-electron chi connectivity index (χ4n) is 1.65.